The molecular weight excluding hydrogens is 518 g/mol. The fourth-order valence-electron chi connectivity index (χ4n) is 5.02. The Labute approximate surface area is 230 Å². The molecular formula is C28H30ClN7O3. The zero-order chi connectivity index (χ0) is 27.8. The summed E-state index contributed by atoms with van der Waals surface area (Å²) in [6.07, 6.45) is 0. The van der Waals surface area contributed by atoms with Gasteiger partial charge in [0.2, 0.25) is 5.95 Å². The molecule has 11 heteroatoms. The number of hydrogen-bond acceptors (Lipinski definition) is 8. The van der Waals surface area contributed by atoms with E-state index in [-0.39, 0.29) is 22.4 Å². The topological polar surface area (TPSA) is 116 Å². The van der Waals surface area contributed by atoms with E-state index in [4.69, 9.17) is 16.6 Å². The first kappa shape index (κ1) is 26.4. The van der Waals surface area contributed by atoms with Gasteiger partial charge in [0.15, 0.2) is 5.69 Å². The van der Waals surface area contributed by atoms with Gasteiger partial charge in [-0.15, -0.1) is 0 Å². The molecule has 3 aromatic heterocycles. The van der Waals surface area contributed by atoms with Crippen molar-refractivity contribution in [3.05, 3.63) is 80.5 Å². The van der Waals surface area contributed by atoms with Gasteiger partial charge in [-0.2, -0.15) is 0 Å². The van der Waals surface area contributed by atoms with Gasteiger partial charge in [0.1, 0.15) is 11.0 Å². The average molecular weight is 548 g/mol. The summed E-state index contributed by atoms with van der Waals surface area (Å²) in [5, 5.41) is 13.5. The molecule has 2 N–H and O–H groups in total. The van der Waals surface area contributed by atoms with E-state index in [1.165, 1.54) is 6.07 Å². The number of carboxylic acids is 1. The van der Waals surface area contributed by atoms with E-state index in [0.717, 1.165) is 35.7 Å². The molecule has 4 aromatic rings. The number of hydrogen-bond donors (Lipinski definition) is 2. The number of nitrogens with one attached hydrogen (secondary N) is 1. The van der Waals surface area contributed by atoms with Crippen molar-refractivity contribution in [2.45, 2.75) is 26.8 Å². The molecule has 10 nitrogen and oxygen atoms in total. The summed E-state index contributed by atoms with van der Waals surface area (Å²) in [5.74, 6) is 0.363. The number of carboxylic acid groups (broad SMARTS) is 1. The number of aryl methyl sites for hydroxylation is 2. The van der Waals surface area contributed by atoms with Crippen molar-refractivity contribution in [3.63, 3.8) is 0 Å². The van der Waals surface area contributed by atoms with Crippen LogP contribution in [-0.2, 0) is 7.05 Å². The Morgan fingerprint density at radius 3 is 2.44 bits per heavy atom. The molecule has 0 aliphatic carbocycles. The number of aromatic nitrogens is 4. The Morgan fingerprint density at radius 1 is 1.03 bits per heavy atom. The number of anilines is 3. The monoisotopic (exact) mass is 547 g/mol. The lowest BCUT2D eigenvalue weighted by atomic mass is 10.0. The Bertz CT molecular complexity index is 1630. The molecule has 1 aliphatic rings. The number of benzene rings is 1. The Hall–Kier alpha value is -4.18. The minimum Gasteiger partial charge on any atom is -0.476 e. The number of pyridine rings is 2. The van der Waals surface area contributed by atoms with Gasteiger partial charge in [-0.25, -0.2) is 19.7 Å². The normalized spacial score (nSPS) is 14.5. The van der Waals surface area contributed by atoms with Crippen molar-refractivity contribution >= 4 is 45.9 Å². The number of nitrogens with zero attached hydrogens (tertiary/aromatic N) is 6. The van der Waals surface area contributed by atoms with Crippen molar-refractivity contribution in [3.8, 4) is 0 Å². The molecule has 1 aromatic carbocycles. The molecule has 1 atom stereocenters. The summed E-state index contributed by atoms with van der Waals surface area (Å²) < 4.78 is 1.61. The third kappa shape index (κ3) is 5.24. The zero-order valence-corrected chi connectivity index (χ0v) is 23.0. The number of halogens is 1. The molecule has 4 heterocycles. The van der Waals surface area contributed by atoms with Gasteiger partial charge in [-0.05, 0) is 56.7 Å². The van der Waals surface area contributed by atoms with E-state index in [2.05, 4.69) is 25.1 Å². The van der Waals surface area contributed by atoms with Crippen LogP contribution in [0, 0.1) is 13.8 Å². The van der Waals surface area contributed by atoms with Crippen molar-refractivity contribution in [2.24, 2.45) is 7.05 Å². The Morgan fingerprint density at radius 2 is 1.74 bits per heavy atom. The molecule has 0 bridgehead atoms. The molecule has 0 saturated carbocycles. The fourth-order valence-corrected chi connectivity index (χ4v) is 5.17. The Kier molecular flexibility index (Phi) is 7.14. The van der Waals surface area contributed by atoms with Crippen molar-refractivity contribution in [1.82, 2.24) is 19.5 Å². The van der Waals surface area contributed by atoms with E-state index in [1.54, 1.807) is 17.7 Å². The summed E-state index contributed by atoms with van der Waals surface area (Å²) in [7, 11) is 1.75. The summed E-state index contributed by atoms with van der Waals surface area (Å²) in [6, 6.07) is 12.6. The molecule has 1 saturated heterocycles. The second-order valence-corrected chi connectivity index (χ2v) is 10.2. The lowest BCUT2D eigenvalue weighted by molar-refractivity contribution is 0.0691. The van der Waals surface area contributed by atoms with Crippen molar-refractivity contribution < 1.29 is 9.90 Å². The largest absolute Gasteiger partial charge is 0.476 e. The van der Waals surface area contributed by atoms with Crippen LogP contribution in [0.2, 0.25) is 5.15 Å². The molecule has 0 spiro atoms. The highest BCUT2D eigenvalue weighted by atomic mass is 35.5. The maximum atomic E-state index is 13.5. The maximum Gasteiger partial charge on any atom is 0.356 e. The lowest BCUT2D eigenvalue weighted by Crippen LogP contribution is -2.48. The van der Waals surface area contributed by atoms with Crippen LogP contribution >= 0.6 is 11.6 Å². The predicted molar refractivity (Wildman–Crippen MR) is 153 cm³/mol. The van der Waals surface area contributed by atoms with Gasteiger partial charge in [0.25, 0.3) is 5.56 Å². The molecule has 202 valence electrons. The van der Waals surface area contributed by atoms with E-state index in [0.29, 0.717) is 35.6 Å². The fraction of sp³-hybridized carbons (Fsp3) is 0.321. The first-order valence-electron chi connectivity index (χ1n) is 12.7. The minimum atomic E-state index is -1.18. The minimum absolute atomic E-state index is 0.0969. The molecule has 0 unspecified atom stereocenters. The molecule has 5 rings (SSSR count). The summed E-state index contributed by atoms with van der Waals surface area (Å²) in [5.41, 5.74) is 3.29. The highest BCUT2D eigenvalue weighted by Gasteiger charge is 2.24. The maximum absolute atomic E-state index is 13.5. The second-order valence-electron chi connectivity index (χ2n) is 9.84. The van der Waals surface area contributed by atoms with Gasteiger partial charge >= 0.3 is 5.97 Å². The molecule has 1 aliphatic heterocycles. The van der Waals surface area contributed by atoms with Crippen LogP contribution < -0.4 is 20.7 Å². The van der Waals surface area contributed by atoms with Crippen LogP contribution in [-0.4, -0.2) is 56.8 Å². The SMILES string of the molecule is Cc1cc([C@@H](C)Nc2ccc(Cl)nc2C(=O)O)c2nc(N3CCN(c4cccc(C)n4)CC3)n(C)c(=O)c2c1. The van der Waals surface area contributed by atoms with E-state index < -0.39 is 5.97 Å². The van der Waals surface area contributed by atoms with E-state index in [1.807, 2.05) is 51.1 Å². The predicted octanol–water partition coefficient (Wildman–Crippen LogP) is 4.19. The van der Waals surface area contributed by atoms with Crippen molar-refractivity contribution in [2.75, 3.05) is 41.3 Å². The Balaban J connectivity index is 1.49. The van der Waals surface area contributed by atoms with Gasteiger partial charge in [0, 0.05) is 44.5 Å². The number of carbonyl (C=O) groups is 1. The number of rotatable bonds is 6. The standard InChI is InChI=1S/C28H30ClN7O3/c1-16-14-19(18(3)31-21-8-9-22(29)32-25(21)27(38)39)24-20(15-16)26(37)34(4)28(33-24)36-12-10-35(11-13-36)23-7-5-6-17(2)30-23/h5-9,14-15,18,31H,10-13H2,1-4H3,(H,38,39)/t18-/m1/s1. The highest BCUT2D eigenvalue weighted by Crippen LogP contribution is 2.29. The first-order valence-corrected chi connectivity index (χ1v) is 13.1. The van der Waals surface area contributed by atoms with Crippen LogP contribution in [0.15, 0.2) is 47.3 Å². The molecule has 0 radical (unpaired) electrons. The number of piperazine rings is 1. The molecule has 0 amide bonds. The summed E-state index contributed by atoms with van der Waals surface area (Å²) in [6.45, 7) is 8.70. The highest BCUT2D eigenvalue weighted by molar-refractivity contribution is 6.29. The van der Waals surface area contributed by atoms with E-state index >= 15 is 0 Å². The van der Waals surface area contributed by atoms with Crippen LogP contribution in [0.1, 0.15) is 40.3 Å². The zero-order valence-electron chi connectivity index (χ0n) is 22.3. The van der Waals surface area contributed by atoms with Gasteiger partial charge in [-0.3, -0.25) is 9.36 Å². The quantitative estimate of drug-likeness (QED) is 0.343. The average Bonchev–Trinajstić information content (AvgIpc) is 2.91. The third-order valence-corrected chi connectivity index (χ3v) is 7.20. The molecule has 1 fully saturated rings. The van der Waals surface area contributed by atoms with Gasteiger partial charge < -0.3 is 20.2 Å². The lowest BCUT2D eigenvalue weighted by Gasteiger charge is -2.36. The van der Waals surface area contributed by atoms with Crippen LogP contribution in [0.3, 0.4) is 0 Å². The van der Waals surface area contributed by atoms with Crippen LogP contribution in [0.4, 0.5) is 17.5 Å². The van der Waals surface area contributed by atoms with Crippen LogP contribution in [0.25, 0.3) is 10.9 Å². The van der Waals surface area contributed by atoms with Crippen LogP contribution in [0.5, 0.6) is 0 Å². The van der Waals surface area contributed by atoms with Gasteiger partial charge in [-0.1, -0.05) is 23.7 Å². The number of fused-ring (bicyclic) bond motifs is 1. The first-order chi connectivity index (χ1) is 18.6. The molecule has 39 heavy (non-hydrogen) atoms. The van der Waals surface area contributed by atoms with E-state index in [9.17, 15) is 14.7 Å². The van der Waals surface area contributed by atoms with Crippen molar-refractivity contribution in [1.29, 1.82) is 0 Å². The second kappa shape index (κ2) is 10.5. The summed E-state index contributed by atoms with van der Waals surface area (Å²) in [4.78, 5) is 43.3. The smallest absolute Gasteiger partial charge is 0.356 e. The number of aromatic carboxylic acids is 1. The summed E-state index contributed by atoms with van der Waals surface area (Å²) >= 11 is 5.93. The third-order valence-electron chi connectivity index (χ3n) is 6.99. The van der Waals surface area contributed by atoms with Gasteiger partial charge in [0.05, 0.1) is 22.6 Å².